The van der Waals surface area contributed by atoms with Crippen LogP contribution in [0.1, 0.15) is 68.2 Å². The molecule has 0 spiro atoms. The van der Waals surface area contributed by atoms with E-state index in [9.17, 15) is 24.5 Å². The summed E-state index contributed by atoms with van der Waals surface area (Å²) in [5.74, 6) is -0.839. The summed E-state index contributed by atoms with van der Waals surface area (Å²) in [6.45, 7) is 10.9. The van der Waals surface area contributed by atoms with Gasteiger partial charge in [-0.15, -0.1) is 0 Å². The number of nitrogens with one attached hydrogen (secondary N) is 1. The lowest BCUT2D eigenvalue weighted by atomic mass is 10.1. The van der Waals surface area contributed by atoms with Crippen LogP contribution in [0.5, 0.6) is 5.75 Å². The second kappa shape index (κ2) is 9.86. The van der Waals surface area contributed by atoms with Crippen molar-refractivity contribution in [3.63, 3.8) is 0 Å². The highest BCUT2D eigenvalue weighted by atomic mass is 16.6. The number of nitro groups is 1. The van der Waals surface area contributed by atoms with Crippen LogP contribution in [0.3, 0.4) is 0 Å². The van der Waals surface area contributed by atoms with Gasteiger partial charge in [0.15, 0.2) is 5.75 Å². The van der Waals surface area contributed by atoms with Crippen molar-refractivity contribution in [2.75, 3.05) is 13.1 Å². The highest BCUT2D eigenvalue weighted by Gasteiger charge is 2.42. The van der Waals surface area contributed by atoms with Crippen LogP contribution in [0.25, 0.3) is 0 Å². The number of ether oxygens (including phenoxy) is 2. The molecule has 1 fully saturated rings. The number of hydrogen-bond donors (Lipinski definition) is 1. The number of carbonyl (C=O) groups excluding carboxylic acids is 3. The third-order valence-electron chi connectivity index (χ3n) is 4.63. The van der Waals surface area contributed by atoms with Gasteiger partial charge in [0, 0.05) is 18.2 Å². The molecule has 2 aliphatic heterocycles. The van der Waals surface area contributed by atoms with Crippen LogP contribution in [0.2, 0.25) is 0 Å². The maximum Gasteiger partial charge on any atom is 0.311 e. The van der Waals surface area contributed by atoms with Gasteiger partial charge in [-0.25, -0.2) is 0 Å². The number of piperidine rings is 1. The molecule has 31 heavy (non-hydrogen) atoms. The quantitative estimate of drug-likeness (QED) is 0.324. The van der Waals surface area contributed by atoms with E-state index >= 15 is 0 Å². The van der Waals surface area contributed by atoms with Gasteiger partial charge in [-0.3, -0.25) is 29.4 Å². The fraction of sp³-hybridized carbons (Fsp3) is 0.571. The molecule has 0 unspecified atom stereocenters. The van der Waals surface area contributed by atoms with Gasteiger partial charge < -0.3 is 14.8 Å². The van der Waals surface area contributed by atoms with E-state index in [1.165, 1.54) is 11.0 Å². The van der Waals surface area contributed by atoms with Crippen LogP contribution >= 0.6 is 0 Å². The fourth-order valence-corrected chi connectivity index (χ4v) is 3.31. The molecule has 0 atom stereocenters. The maximum absolute atomic E-state index is 12.7. The molecule has 10 heteroatoms. The van der Waals surface area contributed by atoms with E-state index in [4.69, 9.17) is 4.74 Å². The first-order chi connectivity index (χ1) is 14.5. The number of nitro benzene ring substituents is 1. The van der Waals surface area contributed by atoms with E-state index in [0.29, 0.717) is 19.3 Å². The summed E-state index contributed by atoms with van der Waals surface area (Å²) in [5.41, 5.74) is -0.348. The van der Waals surface area contributed by atoms with E-state index in [1.54, 1.807) is 13.8 Å². The Balaban J connectivity index is 0.000000423. The number of carbonyl (C=O) groups is 3. The topological polar surface area (TPSA) is 128 Å². The fourth-order valence-electron chi connectivity index (χ4n) is 3.31. The highest BCUT2D eigenvalue weighted by Crippen LogP contribution is 2.36. The predicted octanol–water partition coefficient (Wildman–Crippen LogP) is 2.69. The van der Waals surface area contributed by atoms with Crippen LogP contribution in [0, 0.1) is 10.1 Å². The molecular weight excluding hydrogens is 406 g/mol. The standard InChI is InChI=1S/C16H19N3O5.C5H10O2/c1-9(2)24-14-8-12-11(7-13(14)19(22)23)15(20)18(16(12)21)10-3-5-17-6-4-10;1-5(2,3)7-4-6/h7-10,17H,3-6H2,1-2H3;4H,1-3H3. The summed E-state index contributed by atoms with van der Waals surface area (Å²) < 4.78 is 10.0. The Morgan fingerprint density at radius 3 is 2.13 bits per heavy atom. The molecule has 1 saturated heterocycles. The molecule has 0 bridgehead atoms. The Kier molecular flexibility index (Phi) is 7.72. The minimum absolute atomic E-state index is 0.0158. The summed E-state index contributed by atoms with van der Waals surface area (Å²) in [4.78, 5) is 46.9. The molecule has 0 aliphatic carbocycles. The number of hydrogen-bond acceptors (Lipinski definition) is 8. The van der Waals surface area contributed by atoms with Crippen molar-refractivity contribution in [3.05, 3.63) is 33.4 Å². The molecule has 0 radical (unpaired) electrons. The van der Waals surface area contributed by atoms with Crippen molar-refractivity contribution in [3.8, 4) is 5.75 Å². The van der Waals surface area contributed by atoms with E-state index < -0.39 is 16.7 Å². The Morgan fingerprint density at radius 1 is 1.16 bits per heavy atom. The van der Waals surface area contributed by atoms with Crippen molar-refractivity contribution in [2.45, 2.75) is 65.2 Å². The smallest absolute Gasteiger partial charge is 0.311 e. The summed E-state index contributed by atoms with van der Waals surface area (Å²) in [7, 11) is 0. The number of benzene rings is 1. The van der Waals surface area contributed by atoms with Crippen LogP contribution in [0.4, 0.5) is 5.69 Å². The lowest BCUT2D eigenvalue weighted by Gasteiger charge is -2.29. The number of fused-ring (bicyclic) bond motifs is 1. The van der Waals surface area contributed by atoms with Crippen molar-refractivity contribution in [2.24, 2.45) is 0 Å². The Bertz CT molecular complexity index is 855. The van der Waals surface area contributed by atoms with Gasteiger partial charge in [-0.1, -0.05) is 0 Å². The largest absolute Gasteiger partial charge is 0.484 e. The van der Waals surface area contributed by atoms with Crippen molar-refractivity contribution < 1.29 is 28.8 Å². The summed E-state index contributed by atoms with van der Waals surface area (Å²) in [6, 6.07) is 2.32. The van der Waals surface area contributed by atoms with E-state index in [-0.39, 0.29) is 40.3 Å². The molecule has 1 aromatic carbocycles. The van der Waals surface area contributed by atoms with E-state index in [2.05, 4.69) is 10.1 Å². The first-order valence-corrected chi connectivity index (χ1v) is 10.2. The number of rotatable bonds is 5. The number of nitrogens with zero attached hydrogens (tertiary/aromatic N) is 2. The van der Waals surface area contributed by atoms with Gasteiger partial charge in [0.05, 0.1) is 22.2 Å². The number of amides is 2. The summed E-state index contributed by atoms with van der Waals surface area (Å²) in [6.07, 6.45) is 1.08. The van der Waals surface area contributed by atoms with Crippen molar-refractivity contribution in [1.82, 2.24) is 10.2 Å². The lowest BCUT2D eigenvalue weighted by Crippen LogP contribution is -2.45. The zero-order chi connectivity index (χ0) is 23.3. The molecule has 10 nitrogen and oxygen atoms in total. The molecule has 1 aromatic rings. The minimum atomic E-state index is -0.594. The SMILES string of the molecule is CC(C)(C)OC=O.CC(C)Oc1cc2c(cc1[N+](=O)[O-])C(=O)N(C1CCNCC1)C2=O. The second-order valence-corrected chi connectivity index (χ2v) is 8.58. The van der Waals surface area contributed by atoms with Gasteiger partial charge in [-0.05, 0) is 60.5 Å². The monoisotopic (exact) mass is 435 g/mol. The Labute approximate surface area is 181 Å². The molecule has 3 rings (SSSR count). The zero-order valence-corrected chi connectivity index (χ0v) is 18.5. The predicted molar refractivity (Wildman–Crippen MR) is 112 cm³/mol. The van der Waals surface area contributed by atoms with Crippen LogP contribution in [-0.2, 0) is 9.53 Å². The van der Waals surface area contributed by atoms with Crippen molar-refractivity contribution >= 4 is 24.0 Å². The third-order valence-corrected chi connectivity index (χ3v) is 4.63. The van der Waals surface area contributed by atoms with Crippen LogP contribution in [-0.4, -0.2) is 58.9 Å². The maximum atomic E-state index is 12.7. The molecule has 2 heterocycles. The summed E-state index contributed by atoms with van der Waals surface area (Å²) >= 11 is 0. The summed E-state index contributed by atoms with van der Waals surface area (Å²) in [5, 5.41) is 14.5. The Hall–Kier alpha value is -3.01. The van der Waals surface area contributed by atoms with E-state index in [1.807, 2.05) is 20.8 Å². The molecule has 1 N–H and O–H groups in total. The molecule has 2 aliphatic rings. The normalized spacial score (nSPS) is 16.5. The third kappa shape index (κ3) is 6.00. The molecule has 0 saturated carbocycles. The average molecular weight is 435 g/mol. The van der Waals surface area contributed by atoms with Gasteiger partial charge in [-0.2, -0.15) is 0 Å². The highest BCUT2D eigenvalue weighted by molar-refractivity contribution is 6.22. The van der Waals surface area contributed by atoms with Gasteiger partial charge >= 0.3 is 5.69 Å². The first kappa shape index (κ1) is 24.3. The van der Waals surface area contributed by atoms with Crippen LogP contribution in [0.15, 0.2) is 12.1 Å². The first-order valence-electron chi connectivity index (χ1n) is 10.2. The van der Waals surface area contributed by atoms with Crippen molar-refractivity contribution in [1.29, 1.82) is 0 Å². The molecular formula is C21H29N3O7. The molecule has 2 amide bonds. The minimum Gasteiger partial charge on any atom is -0.484 e. The van der Waals surface area contributed by atoms with Crippen LogP contribution < -0.4 is 10.1 Å². The molecule has 0 aromatic heterocycles. The van der Waals surface area contributed by atoms with E-state index in [0.717, 1.165) is 19.2 Å². The average Bonchev–Trinajstić information content (AvgIpc) is 2.91. The van der Waals surface area contributed by atoms with Gasteiger partial charge in [0.1, 0.15) is 5.60 Å². The number of imide groups is 1. The van der Waals surface area contributed by atoms with Gasteiger partial charge in [0.2, 0.25) is 0 Å². The van der Waals surface area contributed by atoms with Gasteiger partial charge in [0.25, 0.3) is 18.3 Å². The molecule has 170 valence electrons. The lowest BCUT2D eigenvalue weighted by molar-refractivity contribution is -0.386. The zero-order valence-electron chi connectivity index (χ0n) is 18.5. The Morgan fingerprint density at radius 2 is 1.71 bits per heavy atom. The second-order valence-electron chi connectivity index (χ2n) is 8.58.